The number of rotatable bonds is 71. The molecule has 0 aliphatic heterocycles. The zero-order valence-corrected chi connectivity index (χ0v) is 62.7. The van der Waals surface area contributed by atoms with Gasteiger partial charge in [-0.2, -0.15) is 0 Å². The molecule has 93 heavy (non-hydrogen) atoms. The van der Waals surface area contributed by atoms with Gasteiger partial charge in [-0.3, -0.25) is 37.3 Å². The Morgan fingerprint density at radius 3 is 0.763 bits per heavy atom. The van der Waals surface area contributed by atoms with Crippen molar-refractivity contribution in [3.05, 3.63) is 0 Å². The number of carbonyl (C=O) groups is 4. The number of hydrogen-bond acceptors (Lipinski definition) is 15. The molecule has 6 atom stereocenters. The molecule has 0 heterocycles. The third-order valence-electron chi connectivity index (χ3n) is 17.4. The van der Waals surface area contributed by atoms with Crippen LogP contribution in [-0.4, -0.2) is 96.7 Å². The number of unbranched alkanes of at least 4 members (excludes halogenated alkanes) is 36. The molecule has 0 spiro atoms. The molecule has 0 fully saturated rings. The van der Waals surface area contributed by atoms with Crippen LogP contribution in [0.1, 0.15) is 370 Å². The Kier molecular flexibility index (Phi) is 62.2. The minimum Gasteiger partial charge on any atom is -0.462 e. The van der Waals surface area contributed by atoms with Gasteiger partial charge in [-0.05, 0) is 49.4 Å². The van der Waals surface area contributed by atoms with Gasteiger partial charge in [0.15, 0.2) is 12.2 Å². The van der Waals surface area contributed by atoms with E-state index >= 15 is 0 Å². The van der Waals surface area contributed by atoms with Gasteiger partial charge in [0.1, 0.15) is 19.3 Å². The van der Waals surface area contributed by atoms with Gasteiger partial charge < -0.3 is 33.8 Å². The van der Waals surface area contributed by atoms with Gasteiger partial charge in [0.25, 0.3) is 0 Å². The summed E-state index contributed by atoms with van der Waals surface area (Å²) in [6.07, 6.45) is 47.3. The highest BCUT2D eigenvalue weighted by atomic mass is 31.2. The molecule has 0 saturated heterocycles. The van der Waals surface area contributed by atoms with E-state index in [9.17, 15) is 43.2 Å². The molecule has 0 aromatic rings. The summed E-state index contributed by atoms with van der Waals surface area (Å²) in [6.45, 7) is 14.1. The monoisotopic (exact) mass is 1370 g/mol. The van der Waals surface area contributed by atoms with Crippen LogP contribution in [0.15, 0.2) is 0 Å². The van der Waals surface area contributed by atoms with E-state index in [-0.39, 0.29) is 25.7 Å². The number of phosphoric acid groups is 2. The van der Waals surface area contributed by atoms with Crippen LogP contribution in [0.3, 0.4) is 0 Å². The molecule has 0 aliphatic rings. The zero-order chi connectivity index (χ0) is 68.9. The molecule has 0 rings (SSSR count). The van der Waals surface area contributed by atoms with E-state index in [2.05, 4.69) is 55.4 Å². The maximum Gasteiger partial charge on any atom is 0.472 e. The fourth-order valence-electron chi connectivity index (χ4n) is 11.2. The lowest BCUT2D eigenvalue weighted by Crippen LogP contribution is -2.30. The van der Waals surface area contributed by atoms with Gasteiger partial charge in [-0.25, -0.2) is 9.13 Å². The lowest BCUT2D eigenvalue weighted by Gasteiger charge is -2.21. The quantitative estimate of drug-likeness (QED) is 0.0222. The van der Waals surface area contributed by atoms with Crippen LogP contribution >= 0.6 is 15.6 Å². The van der Waals surface area contributed by atoms with Crippen LogP contribution in [0, 0.1) is 23.7 Å². The minimum atomic E-state index is -4.96. The van der Waals surface area contributed by atoms with Crippen molar-refractivity contribution in [2.45, 2.75) is 388 Å². The van der Waals surface area contributed by atoms with Crippen molar-refractivity contribution in [1.82, 2.24) is 0 Å². The zero-order valence-electron chi connectivity index (χ0n) is 60.9. The summed E-state index contributed by atoms with van der Waals surface area (Å²) in [6, 6.07) is 0. The van der Waals surface area contributed by atoms with Gasteiger partial charge in [0.05, 0.1) is 26.4 Å². The topological polar surface area (TPSA) is 237 Å². The van der Waals surface area contributed by atoms with Crippen LogP contribution in [0.4, 0.5) is 0 Å². The van der Waals surface area contributed by atoms with E-state index in [1.807, 2.05) is 0 Å². The fourth-order valence-corrected chi connectivity index (χ4v) is 12.7. The molecular formula is C74H144O17P2. The summed E-state index contributed by atoms with van der Waals surface area (Å²) in [5.41, 5.74) is 0. The number of hydrogen-bond donors (Lipinski definition) is 3. The molecule has 0 saturated carbocycles. The predicted molar refractivity (Wildman–Crippen MR) is 377 cm³/mol. The standard InChI is InChI=1S/C74H144O17P2/c1-9-67(8)53-45-37-32-33-39-47-55-72(77)85-61-70(91-73(78)56-48-40-30-22-17-15-13-11-10-12-14-16-20-26-34-42-50-64(2)3)63-89-93(82,83)87-59-68(75)58-86-92(80,81)88-62-69(60-84-71(76)54-46-38-29-25-24-28-36-44-52-66(6)7)90-74(79)57-49-41-31-23-19-18-21-27-35-43-51-65(4)5/h64-70,75H,9-63H2,1-8H3,(H,80,81)(H,82,83)/t67?,68?,69-,70-/m1/s1. The number of ether oxygens (including phenoxy) is 4. The summed E-state index contributed by atoms with van der Waals surface area (Å²) < 4.78 is 68.4. The average Bonchev–Trinajstić information content (AvgIpc) is 2.00. The predicted octanol–water partition coefficient (Wildman–Crippen LogP) is 21.3. The Labute approximate surface area is 568 Å². The molecule has 0 bridgehead atoms. The van der Waals surface area contributed by atoms with Crippen LogP contribution < -0.4 is 0 Å². The maximum absolute atomic E-state index is 13.0. The molecule has 552 valence electrons. The van der Waals surface area contributed by atoms with Gasteiger partial charge in [-0.15, -0.1) is 0 Å². The Bertz CT molecular complexity index is 1840. The van der Waals surface area contributed by atoms with Crippen molar-refractivity contribution in [3.8, 4) is 0 Å². The van der Waals surface area contributed by atoms with Crippen LogP contribution in [0.2, 0.25) is 0 Å². The van der Waals surface area contributed by atoms with Crippen LogP contribution in [0.25, 0.3) is 0 Å². The Morgan fingerprint density at radius 2 is 0.516 bits per heavy atom. The van der Waals surface area contributed by atoms with Gasteiger partial charge in [0, 0.05) is 25.7 Å². The number of carbonyl (C=O) groups excluding carboxylic acids is 4. The summed E-state index contributed by atoms with van der Waals surface area (Å²) in [4.78, 5) is 72.7. The highest BCUT2D eigenvalue weighted by Gasteiger charge is 2.30. The third kappa shape index (κ3) is 67.0. The second kappa shape index (κ2) is 63.5. The molecule has 0 aromatic heterocycles. The van der Waals surface area contributed by atoms with Gasteiger partial charge in [-0.1, -0.05) is 319 Å². The maximum atomic E-state index is 13.0. The number of aliphatic hydroxyl groups is 1. The van der Waals surface area contributed by atoms with Crippen molar-refractivity contribution >= 4 is 39.5 Å². The average molecular weight is 1370 g/mol. The van der Waals surface area contributed by atoms with Gasteiger partial charge in [0.2, 0.25) is 0 Å². The van der Waals surface area contributed by atoms with Crippen molar-refractivity contribution < 1.29 is 80.2 Å². The Morgan fingerprint density at radius 1 is 0.301 bits per heavy atom. The lowest BCUT2D eigenvalue weighted by atomic mass is 10.00. The molecule has 0 amide bonds. The summed E-state index contributed by atoms with van der Waals surface area (Å²) >= 11 is 0. The molecule has 0 radical (unpaired) electrons. The second-order valence-corrected chi connectivity index (χ2v) is 31.3. The van der Waals surface area contributed by atoms with E-state index in [1.165, 1.54) is 167 Å². The first kappa shape index (κ1) is 91.1. The summed E-state index contributed by atoms with van der Waals surface area (Å²) in [7, 11) is -9.91. The first-order valence-corrected chi connectivity index (χ1v) is 41.2. The van der Waals surface area contributed by atoms with Gasteiger partial charge >= 0.3 is 39.5 Å². The largest absolute Gasteiger partial charge is 0.472 e. The second-order valence-electron chi connectivity index (χ2n) is 28.4. The number of esters is 4. The summed E-state index contributed by atoms with van der Waals surface area (Å²) in [5.74, 6) is 0.893. The fraction of sp³-hybridized carbons (Fsp3) is 0.946. The normalized spacial score (nSPS) is 14.5. The van der Waals surface area contributed by atoms with Crippen molar-refractivity contribution in [2.75, 3.05) is 39.6 Å². The van der Waals surface area contributed by atoms with E-state index in [0.29, 0.717) is 25.7 Å². The minimum absolute atomic E-state index is 0.105. The van der Waals surface area contributed by atoms with Crippen LogP contribution in [0.5, 0.6) is 0 Å². The summed E-state index contributed by atoms with van der Waals surface area (Å²) in [5, 5.41) is 10.6. The SMILES string of the molecule is CCC(C)CCCCCCCCC(=O)OC[C@H](COP(=O)(O)OCC(O)COP(=O)(O)OC[C@@H](COC(=O)CCCCCCCCCCC(C)C)OC(=O)CCCCCCCCCCCCC(C)C)OC(=O)CCCCCCCCCCCCCCCCCCC(C)C. The molecule has 3 N–H and O–H groups in total. The Hall–Kier alpha value is -1.94. The highest BCUT2D eigenvalue weighted by Crippen LogP contribution is 2.45. The molecular weight excluding hydrogens is 1220 g/mol. The first-order chi connectivity index (χ1) is 44.6. The smallest absolute Gasteiger partial charge is 0.462 e. The number of aliphatic hydroxyl groups excluding tert-OH is 1. The molecule has 0 aromatic carbocycles. The van der Waals surface area contributed by atoms with Crippen LogP contribution in [-0.2, 0) is 65.4 Å². The lowest BCUT2D eigenvalue weighted by molar-refractivity contribution is -0.161. The van der Waals surface area contributed by atoms with Crippen molar-refractivity contribution in [2.24, 2.45) is 23.7 Å². The Balaban J connectivity index is 5.22. The first-order valence-electron chi connectivity index (χ1n) is 38.2. The molecule has 17 nitrogen and oxygen atoms in total. The highest BCUT2D eigenvalue weighted by molar-refractivity contribution is 7.47. The van der Waals surface area contributed by atoms with E-state index in [1.54, 1.807) is 0 Å². The van der Waals surface area contributed by atoms with E-state index in [4.69, 9.17) is 37.0 Å². The number of phosphoric ester groups is 2. The molecule has 0 aliphatic carbocycles. The third-order valence-corrected chi connectivity index (χ3v) is 19.3. The van der Waals surface area contributed by atoms with E-state index in [0.717, 1.165) is 120 Å². The van der Waals surface area contributed by atoms with Crippen molar-refractivity contribution in [3.63, 3.8) is 0 Å². The van der Waals surface area contributed by atoms with Crippen molar-refractivity contribution in [1.29, 1.82) is 0 Å². The molecule has 4 unspecified atom stereocenters. The van der Waals surface area contributed by atoms with E-state index < -0.39 is 97.5 Å². The molecule has 19 heteroatoms.